The first-order chi connectivity index (χ1) is 19.0. The van der Waals surface area contributed by atoms with Gasteiger partial charge in [0.2, 0.25) is 0 Å². The molecule has 2 amide bonds. The van der Waals surface area contributed by atoms with E-state index in [2.05, 4.69) is 15.5 Å². The third-order valence-electron chi connectivity index (χ3n) is 7.45. The number of hydrogen-bond donors (Lipinski definition) is 2. The van der Waals surface area contributed by atoms with Crippen LogP contribution < -0.4 is 21.1 Å². The minimum Gasteiger partial charge on any atom is -0.467 e. The summed E-state index contributed by atoms with van der Waals surface area (Å²) in [5.74, 6) is 0.486. The quantitative estimate of drug-likeness (QED) is 0.361. The topological polar surface area (TPSA) is 96.6 Å². The molecule has 2 N–H and O–H groups in total. The van der Waals surface area contributed by atoms with Crippen LogP contribution in [0.5, 0.6) is 0 Å². The number of aromatic nitrogens is 1. The van der Waals surface area contributed by atoms with E-state index in [1.165, 1.54) is 0 Å². The number of anilines is 2. The third kappa shape index (κ3) is 5.07. The van der Waals surface area contributed by atoms with Crippen LogP contribution in [0.1, 0.15) is 44.5 Å². The van der Waals surface area contributed by atoms with Gasteiger partial charge in [0.05, 0.1) is 34.8 Å². The highest BCUT2D eigenvalue weighted by Gasteiger charge is 2.35. The van der Waals surface area contributed by atoms with E-state index >= 15 is 0 Å². The van der Waals surface area contributed by atoms with E-state index in [1.807, 2.05) is 22.8 Å². The van der Waals surface area contributed by atoms with Crippen LogP contribution in [0.2, 0.25) is 5.02 Å². The van der Waals surface area contributed by atoms with Gasteiger partial charge in [-0.15, -0.1) is 0 Å². The molecular weight excluding hydrogens is 516 g/mol. The minimum atomic E-state index is -0.357. The Kier molecular flexibility index (Phi) is 6.70. The number of amides is 2. The smallest absolute Gasteiger partial charge is 0.257 e. The van der Waals surface area contributed by atoms with Gasteiger partial charge in [0.1, 0.15) is 5.76 Å². The zero-order valence-electron chi connectivity index (χ0n) is 21.1. The Hall–Kier alpha value is -4.30. The Labute approximate surface area is 230 Å². The van der Waals surface area contributed by atoms with E-state index in [4.69, 9.17) is 16.0 Å². The zero-order chi connectivity index (χ0) is 26.9. The Morgan fingerprint density at radius 3 is 2.64 bits per heavy atom. The van der Waals surface area contributed by atoms with Crippen molar-refractivity contribution >= 4 is 34.8 Å². The van der Waals surface area contributed by atoms with Crippen LogP contribution in [-0.4, -0.2) is 29.5 Å². The summed E-state index contributed by atoms with van der Waals surface area (Å²) >= 11 is 6.30. The van der Waals surface area contributed by atoms with Crippen LogP contribution in [0.25, 0.3) is 0 Å². The number of hydrogen-bond acceptors (Lipinski definition) is 5. The SMILES string of the molecule is O=C(NCc1ccco1)c1ccc(N2CC3CC(C2)c2cccc(=O)n2C3)c(NC(=O)c2ccccc2Cl)c1. The molecule has 0 spiro atoms. The van der Waals surface area contributed by atoms with E-state index in [-0.39, 0.29) is 29.8 Å². The molecule has 2 aliphatic rings. The molecule has 1 saturated heterocycles. The molecule has 2 aromatic carbocycles. The third-order valence-corrected chi connectivity index (χ3v) is 7.78. The summed E-state index contributed by atoms with van der Waals surface area (Å²) in [5, 5.41) is 6.21. The van der Waals surface area contributed by atoms with Crippen LogP contribution >= 0.6 is 11.6 Å². The van der Waals surface area contributed by atoms with Crippen LogP contribution in [0.15, 0.2) is 88.3 Å². The molecule has 6 rings (SSSR count). The van der Waals surface area contributed by atoms with Crippen molar-refractivity contribution < 1.29 is 14.0 Å². The number of nitrogens with one attached hydrogen (secondary N) is 2. The van der Waals surface area contributed by atoms with Crippen molar-refractivity contribution in [2.24, 2.45) is 5.92 Å². The van der Waals surface area contributed by atoms with Gasteiger partial charge < -0.3 is 24.5 Å². The molecule has 2 atom stereocenters. The first-order valence-electron chi connectivity index (χ1n) is 12.9. The zero-order valence-corrected chi connectivity index (χ0v) is 21.9. The van der Waals surface area contributed by atoms with E-state index in [9.17, 15) is 14.4 Å². The molecule has 0 saturated carbocycles. The predicted octanol–water partition coefficient (Wildman–Crippen LogP) is 4.90. The number of furan rings is 1. The lowest BCUT2D eigenvalue weighted by Crippen LogP contribution is -2.47. The first-order valence-corrected chi connectivity index (χ1v) is 13.3. The summed E-state index contributed by atoms with van der Waals surface area (Å²) in [6.45, 7) is 2.34. The molecule has 4 aromatic rings. The molecule has 9 heteroatoms. The number of halogens is 1. The number of pyridine rings is 1. The van der Waals surface area contributed by atoms with Crippen molar-refractivity contribution in [1.29, 1.82) is 0 Å². The molecule has 0 radical (unpaired) electrons. The Morgan fingerprint density at radius 1 is 0.949 bits per heavy atom. The lowest BCUT2D eigenvalue weighted by molar-refractivity contribution is 0.0946. The van der Waals surface area contributed by atoms with Gasteiger partial charge in [0, 0.05) is 42.9 Å². The number of benzene rings is 2. The standard InChI is InChI=1S/C30H27ClN4O4/c31-24-7-2-1-6-23(24)30(38)33-25-14-20(29(37)32-15-22-5-4-12-39-22)10-11-27(25)34-16-19-13-21(18-34)26-8-3-9-28(36)35(26)17-19/h1-12,14,19,21H,13,15-18H2,(H,32,37)(H,33,38). The van der Waals surface area contributed by atoms with Gasteiger partial charge in [-0.25, -0.2) is 0 Å². The molecule has 198 valence electrons. The van der Waals surface area contributed by atoms with Gasteiger partial charge in [-0.2, -0.15) is 0 Å². The van der Waals surface area contributed by atoms with Crippen LogP contribution in [0, 0.1) is 5.92 Å². The van der Waals surface area contributed by atoms with Crippen molar-refractivity contribution in [2.75, 3.05) is 23.3 Å². The lowest BCUT2D eigenvalue weighted by atomic mass is 9.83. The average molecular weight is 543 g/mol. The maximum Gasteiger partial charge on any atom is 0.257 e. The summed E-state index contributed by atoms with van der Waals surface area (Å²) < 4.78 is 7.20. The Bertz CT molecular complexity index is 1600. The van der Waals surface area contributed by atoms with Gasteiger partial charge >= 0.3 is 0 Å². The van der Waals surface area contributed by atoms with Crippen LogP contribution in [-0.2, 0) is 13.1 Å². The van der Waals surface area contributed by atoms with E-state index in [0.717, 1.165) is 24.3 Å². The van der Waals surface area contributed by atoms with E-state index in [1.54, 1.807) is 60.9 Å². The molecule has 2 aliphatic heterocycles. The fourth-order valence-electron chi connectivity index (χ4n) is 5.66. The monoisotopic (exact) mass is 542 g/mol. The average Bonchev–Trinajstić information content (AvgIpc) is 3.46. The largest absolute Gasteiger partial charge is 0.467 e. The second kappa shape index (κ2) is 10.5. The van der Waals surface area contributed by atoms with Gasteiger partial charge in [0.25, 0.3) is 17.4 Å². The van der Waals surface area contributed by atoms with Crippen molar-refractivity contribution in [3.63, 3.8) is 0 Å². The van der Waals surface area contributed by atoms with Gasteiger partial charge in [-0.3, -0.25) is 14.4 Å². The summed E-state index contributed by atoms with van der Waals surface area (Å²) in [5.41, 5.74) is 3.18. The second-order valence-corrected chi connectivity index (χ2v) is 10.4. The number of nitrogens with zero attached hydrogens (tertiary/aromatic N) is 2. The first kappa shape index (κ1) is 25.0. The highest BCUT2D eigenvalue weighted by molar-refractivity contribution is 6.34. The molecule has 2 unspecified atom stereocenters. The van der Waals surface area contributed by atoms with Crippen LogP contribution in [0.3, 0.4) is 0 Å². The molecule has 8 nitrogen and oxygen atoms in total. The predicted molar refractivity (Wildman–Crippen MR) is 149 cm³/mol. The van der Waals surface area contributed by atoms with Gasteiger partial charge in [-0.1, -0.05) is 29.8 Å². The van der Waals surface area contributed by atoms with Crippen molar-refractivity contribution in [2.45, 2.75) is 25.4 Å². The molecule has 2 bridgehead atoms. The maximum absolute atomic E-state index is 13.3. The summed E-state index contributed by atoms with van der Waals surface area (Å²) in [4.78, 5) is 41.0. The highest BCUT2D eigenvalue weighted by Crippen LogP contribution is 2.39. The normalized spacial score (nSPS) is 17.8. The molecule has 1 fully saturated rings. The molecule has 4 heterocycles. The van der Waals surface area contributed by atoms with Crippen molar-refractivity contribution in [1.82, 2.24) is 9.88 Å². The number of carbonyl (C=O) groups excluding carboxylic acids is 2. The summed E-state index contributed by atoms with van der Waals surface area (Å²) in [6.07, 6.45) is 2.57. The molecule has 0 aliphatic carbocycles. The molecule has 2 aromatic heterocycles. The fourth-order valence-corrected chi connectivity index (χ4v) is 5.89. The van der Waals surface area contributed by atoms with E-state index < -0.39 is 0 Å². The number of piperidine rings is 1. The summed E-state index contributed by atoms with van der Waals surface area (Å²) in [7, 11) is 0. The molecular formula is C30H27ClN4O4. The van der Waals surface area contributed by atoms with Crippen molar-refractivity contribution in [3.05, 3.63) is 117 Å². The molecule has 39 heavy (non-hydrogen) atoms. The second-order valence-electron chi connectivity index (χ2n) is 10.0. The van der Waals surface area contributed by atoms with E-state index in [0.29, 0.717) is 46.6 Å². The van der Waals surface area contributed by atoms with Gasteiger partial charge in [0.15, 0.2) is 0 Å². The fraction of sp³-hybridized carbons (Fsp3) is 0.233. The number of rotatable bonds is 6. The van der Waals surface area contributed by atoms with Crippen LogP contribution in [0.4, 0.5) is 11.4 Å². The highest BCUT2D eigenvalue weighted by atomic mass is 35.5. The summed E-state index contributed by atoms with van der Waals surface area (Å²) in [6, 6.07) is 21.2. The van der Waals surface area contributed by atoms with Crippen molar-refractivity contribution in [3.8, 4) is 0 Å². The maximum atomic E-state index is 13.3. The Morgan fingerprint density at radius 2 is 1.82 bits per heavy atom. The number of fused-ring (bicyclic) bond motifs is 4. The van der Waals surface area contributed by atoms with Gasteiger partial charge in [-0.05, 0) is 60.9 Å². The lowest BCUT2D eigenvalue weighted by Gasteiger charge is -2.44. The Balaban J connectivity index is 1.31. The number of carbonyl (C=O) groups is 2. The minimum absolute atomic E-state index is 0.0354.